The summed E-state index contributed by atoms with van der Waals surface area (Å²) in [6.07, 6.45) is 0. The van der Waals surface area contributed by atoms with Crippen LogP contribution in [0, 0.1) is 0 Å². The Labute approximate surface area is 115 Å². The molecule has 0 bridgehead atoms. The highest BCUT2D eigenvalue weighted by atomic mass is 16.3. The van der Waals surface area contributed by atoms with E-state index in [1.54, 1.807) is 54.6 Å². The quantitative estimate of drug-likeness (QED) is 0.673. The first-order chi connectivity index (χ1) is 9.77. The van der Waals surface area contributed by atoms with E-state index in [1.807, 2.05) is 6.07 Å². The van der Waals surface area contributed by atoms with Crippen LogP contribution in [-0.2, 0) is 0 Å². The zero-order valence-corrected chi connectivity index (χ0v) is 10.4. The van der Waals surface area contributed by atoms with E-state index in [4.69, 9.17) is 0 Å². The molecule has 0 fully saturated rings. The molecule has 0 aliphatic rings. The molecule has 0 N–H and O–H groups in total. The highest BCUT2D eigenvalue weighted by Crippen LogP contribution is 2.18. The largest absolute Gasteiger partial charge is 0.857 e. The zero-order valence-electron chi connectivity index (χ0n) is 10.4. The molecule has 0 saturated carbocycles. The average Bonchev–Trinajstić information content (AvgIpc) is 2.90. The third kappa shape index (κ3) is 2.05. The standard InChI is InChI=1S/C15H11N3O2/c19-14(11-7-3-1-4-8-11)13-15(20)18(17-16-13)12-9-5-2-6-10-12/h1-10,20H/p-1. The summed E-state index contributed by atoms with van der Waals surface area (Å²) in [4.78, 5) is 12.2. The Kier molecular flexibility index (Phi) is 3.01. The van der Waals surface area contributed by atoms with Crippen molar-refractivity contribution in [3.63, 3.8) is 0 Å². The summed E-state index contributed by atoms with van der Waals surface area (Å²) in [6.45, 7) is 0. The fourth-order valence-corrected chi connectivity index (χ4v) is 1.88. The molecule has 98 valence electrons. The average molecular weight is 264 g/mol. The molecular formula is C15H10N3O2-. The minimum atomic E-state index is -0.509. The Bertz CT molecular complexity index is 736. The second kappa shape index (κ2) is 4.97. The molecule has 0 spiro atoms. The number of hydrogen-bond donors (Lipinski definition) is 0. The molecule has 0 aliphatic heterocycles. The molecule has 0 saturated heterocycles. The van der Waals surface area contributed by atoms with Gasteiger partial charge in [0.15, 0.2) is 0 Å². The number of aromatic nitrogens is 3. The fourth-order valence-electron chi connectivity index (χ4n) is 1.88. The molecule has 0 atom stereocenters. The third-order valence-corrected chi connectivity index (χ3v) is 2.88. The second-order valence-electron chi connectivity index (χ2n) is 4.19. The monoisotopic (exact) mass is 264 g/mol. The molecule has 3 aromatic rings. The summed E-state index contributed by atoms with van der Waals surface area (Å²) in [6, 6.07) is 17.4. The van der Waals surface area contributed by atoms with Crippen molar-refractivity contribution in [3.8, 4) is 11.6 Å². The SMILES string of the molecule is O=C(c1ccccc1)c1nnn(-c2ccccc2)c1[O-]. The number of rotatable bonds is 3. The number of nitrogens with zero attached hydrogens (tertiary/aromatic N) is 3. The van der Waals surface area contributed by atoms with Gasteiger partial charge in [-0.05, 0) is 12.1 Å². The molecule has 5 heteroatoms. The minimum Gasteiger partial charge on any atom is -0.857 e. The third-order valence-electron chi connectivity index (χ3n) is 2.88. The van der Waals surface area contributed by atoms with Gasteiger partial charge in [0.05, 0.1) is 5.69 Å². The summed E-state index contributed by atoms with van der Waals surface area (Å²) in [5.74, 6) is -0.928. The van der Waals surface area contributed by atoms with Crippen LogP contribution in [0.5, 0.6) is 5.88 Å². The summed E-state index contributed by atoms with van der Waals surface area (Å²) < 4.78 is 1.12. The first-order valence-corrected chi connectivity index (χ1v) is 6.05. The molecular weight excluding hydrogens is 254 g/mol. The van der Waals surface area contributed by atoms with E-state index < -0.39 is 11.7 Å². The van der Waals surface area contributed by atoms with E-state index >= 15 is 0 Å². The molecule has 3 rings (SSSR count). The molecule has 0 unspecified atom stereocenters. The van der Waals surface area contributed by atoms with Gasteiger partial charge < -0.3 is 5.11 Å². The molecule has 0 aliphatic carbocycles. The fraction of sp³-hybridized carbons (Fsp3) is 0. The van der Waals surface area contributed by atoms with Crippen molar-refractivity contribution in [2.24, 2.45) is 0 Å². The van der Waals surface area contributed by atoms with Crippen LogP contribution in [0.25, 0.3) is 5.69 Å². The van der Waals surface area contributed by atoms with Gasteiger partial charge in [-0.1, -0.05) is 53.7 Å². The maximum Gasteiger partial charge on any atom is 0.214 e. The zero-order chi connectivity index (χ0) is 13.9. The molecule has 5 nitrogen and oxygen atoms in total. The van der Waals surface area contributed by atoms with Gasteiger partial charge in [-0.25, -0.2) is 4.68 Å². The maximum atomic E-state index is 12.2. The number of hydrogen-bond acceptors (Lipinski definition) is 4. The first kappa shape index (κ1) is 12.1. The van der Waals surface area contributed by atoms with E-state index in [9.17, 15) is 9.90 Å². The molecule has 20 heavy (non-hydrogen) atoms. The molecule has 1 heterocycles. The van der Waals surface area contributed by atoms with E-state index in [1.165, 1.54) is 0 Å². The van der Waals surface area contributed by atoms with Crippen LogP contribution >= 0.6 is 0 Å². The van der Waals surface area contributed by atoms with Gasteiger partial charge in [0.1, 0.15) is 5.69 Å². The Morgan fingerprint density at radius 3 is 2.20 bits per heavy atom. The highest BCUT2D eigenvalue weighted by molar-refractivity contribution is 6.08. The molecule has 1 aromatic heterocycles. The topological polar surface area (TPSA) is 70.8 Å². The number of ketones is 1. The van der Waals surface area contributed by atoms with Gasteiger partial charge >= 0.3 is 0 Å². The predicted molar refractivity (Wildman–Crippen MR) is 70.7 cm³/mol. The highest BCUT2D eigenvalue weighted by Gasteiger charge is 2.15. The van der Waals surface area contributed by atoms with E-state index in [-0.39, 0.29) is 5.69 Å². The number of benzene rings is 2. The van der Waals surface area contributed by atoms with Crippen LogP contribution in [-0.4, -0.2) is 20.8 Å². The lowest BCUT2D eigenvalue weighted by molar-refractivity contribution is -0.278. The second-order valence-corrected chi connectivity index (χ2v) is 4.19. The summed E-state index contributed by atoms with van der Waals surface area (Å²) in [7, 11) is 0. The normalized spacial score (nSPS) is 10.4. The molecule has 2 aromatic carbocycles. The van der Waals surface area contributed by atoms with Crippen LogP contribution in [0.15, 0.2) is 60.7 Å². The van der Waals surface area contributed by atoms with Gasteiger partial charge in [0, 0.05) is 11.4 Å². The van der Waals surface area contributed by atoms with Crippen LogP contribution in [0.1, 0.15) is 16.1 Å². The summed E-state index contributed by atoms with van der Waals surface area (Å²) >= 11 is 0. The van der Waals surface area contributed by atoms with Crippen LogP contribution < -0.4 is 5.11 Å². The van der Waals surface area contributed by atoms with Crippen molar-refractivity contribution in [2.75, 3.05) is 0 Å². The van der Waals surface area contributed by atoms with Crippen LogP contribution in [0.2, 0.25) is 0 Å². The lowest BCUT2D eigenvalue weighted by Gasteiger charge is -2.10. The van der Waals surface area contributed by atoms with Crippen molar-refractivity contribution in [2.45, 2.75) is 0 Å². The molecule has 0 amide bonds. The van der Waals surface area contributed by atoms with Crippen molar-refractivity contribution in [3.05, 3.63) is 71.9 Å². The predicted octanol–water partition coefficient (Wildman–Crippen LogP) is 1.57. The number of carbonyl (C=O) groups excluding carboxylic acids is 1. The number of carbonyl (C=O) groups is 1. The Balaban J connectivity index is 2.01. The van der Waals surface area contributed by atoms with Crippen LogP contribution in [0.3, 0.4) is 0 Å². The molecule has 0 radical (unpaired) electrons. The Morgan fingerprint density at radius 1 is 0.950 bits per heavy atom. The van der Waals surface area contributed by atoms with Crippen molar-refractivity contribution in [1.82, 2.24) is 15.0 Å². The maximum absolute atomic E-state index is 12.2. The van der Waals surface area contributed by atoms with Gasteiger partial charge in [-0.15, -0.1) is 5.10 Å². The minimum absolute atomic E-state index is 0.167. The van der Waals surface area contributed by atoms with E-state index in [2.05, 4.69) is 10.3 Å². The van der Waals surface area contributed by atoms with Gasteiger partial charge in [0.2, 0.25) is 5.78 Å². The lowest BCUT2D eigenvalue weighted by atomic mass is 10.1. The smallest absolute Gasteiger partial charge is 0.214 e. The first-order valence-electron chi connectivity index (χ1n) is 6.05. The Morgan fingerprint density at radius 2 is 1.55 bits per heavy atom. The van der Waals surface area contributed by atoms with E-state index in [0.717, 1.165) is 4.68 Å². The van der Waals surface area contributed by atoms with Crippen molar-refractivity contribution in [1.29, 1.82) is 0 Å². The Hall–Kier alpha value is -2.95. The van der Waals surface area contributed by atoms with Gasteiger partial charge in [0.25, 0.3) is 0 Å². The summed E-state index contributed by atoms with van der Waals surface area (Å²) in [5.41, 5.74) is 0.835. The van der Waals surface area contributed by atoms with Crippen molar-refractivity contribution >= 4 is 5.78 Å². The van der Waals surface area contributed by atoms with Gasteiger partial charge in [-0.3, -0.25) is 4.79 Å². The summed E-state index contributed by atoms with van der Waals surface area (Å²) in [5, 5.41) is 19.7. The van der Waals surface area contributed by atoms with Gasteiger partial charge in [-0.2, -0.15) is 0 Å². The lowest BCUT2D eigenvalue weighted by Crippen LogP contribution is -2.09. The van der Waals surface area contributed by atoms with E-state index in [0.29, 0.717) is 11.3 Å². The van der Waals surface area contributed by atoms with Crippen LogP contribution in [0.4, 0.5) is 0 Å². The van der Waals surface area contributed by atoms with Crippen molar-refractivity contribution < 1.29 is 9.90 Å². The number of para-hydroxylation sites is 1.